The molecule has 2 aromatic heterocycles. The second-order valence-electron chi connectivity index (χ2n) is 5.58. The monoisotopic (exact) mass is 336 g/mol. The zero-order chi connectivity index (χ0) is 17.8. The first-order valence-corrected chi connectivity index (χ1v) is 8.11. The van der Waals surface area contributed by atoms with E-state index in [4.69, 9.17) is 4.74 Å². The van der Waals surface area contributed by atoms with E-state index in [9.17, 15) is 4.79 Å². The summed E-state index contributed by atoms with van der Waals surface area (Å²) in [6.45, 7) is 6.02. The highest BCUT2D eigenvalue weighted by atomic mass is 16.5. The first-order chi connectivity index (χ1) is 12.1. The Kier molecular flexibility index (Phi) is 4.79. The largest absolute Gasteiger partial charge is 0.464 e. The fourth-order valence-electron chi connectivity index (χ4n) is 2.54. The number of carbonyl (C=O) groups excluding carboxylic acids is 1. The molecule has 1 N–H and O–H groups in total. The molecule has 0 aliphatic rings. The number of carbonyl (C=O) groups is 1. The van der Waals surface area contributed by atoms with Gasteiger partial charge in [-0.1, -0.05) is 0 Å². The molecule has 1 amide bonds. The van der Waals surface area contributed by atoms with Crippen LogP contribution >= 0.6 is 0 Å². The minimum Gasteiger partial charge on any atom is -0.464 e. The van der Waals surface area contributed by atoms with E-state index in [1.165, 1.54) is 0 Å². The summed E-state index contributed by atoms with van der Waals surface area (Å²) >= 11 is 0. The predicted octanol–water partition coefficient (Wildman–Crippen LogP) is 3.54. The Morgan fingerprint density at radius 2 is 1.68 bits per heavy atom. The van der Waals surface area contributed by atoms with E-state index >= 15 is 0 Å². The molecule has 0 atom stereocenters. The number of hydrogen-bond donors (Lipinski definition) is 1. The first kappa shape index (κ1) is 16.7. The van der Waals surface area contributed by atoms with Crippen molar-refractivity contribution < 1.29 is 9.53 Å². The molecule has 1 aromatic carbocycles. The Morgan fingerprint density at radius 3 is 2.24 bits per heavy atom. The van der Waals surface area contributed by atoms with E-state index < -0.39 is 0 Å². The molecule has 2 heterocycles. The molecule has 0 unspecified atom stereocenters. The second kappa shape index (κ2) is 7.17. The molecule has 0 bridgehead atoms. The van der Waals surface area contributed by atoms with E-state index in [1.54, 1.807) is 12.1 Å². The summed E-state index contributed by atoms with van der Waals surface area (Å²) in [5.41, 5.74) is 3.53. The van der Waals surface area contributed by atoms with Gasteiger partial charge in [0, 0.05) is 23.6 Å². The Bertz CT molecular complexity index is 848. The summed E-state index contributed by atoms with van der Waals surface area (Å²) in [6, 6.07) is 11.6. The summed E-state index contributed by atoms with van der Waals surface area (Å²) in [4.78, 5) is 21.1. The van der Waals surface area contributed by atoms with Crippen LogP contribution in [0.25, 0.3) is 5.69 Å². The van der Waals surface area contributed by atoms with Crippen molar-refractivity contribution in [1.29, 1.82) is 0 Å². The van der Waals surface area contributed by atoms with Crippen LogP contribution in [0.5, 0.6) is 6.01 Å². The molecule has 0 aliphatic heterocycles. The van der Waals surface area contributed by atoms with E-state index in [1.807, 2.05) is 62.0 Å². The Labute approximate surface area is 146 Å². The van der Waals surface area contributed by atoms with E-state index in [0.717, 1.165) is 5.69 Å². The second-order valence-corrected chi connectivity index (χ2v) is 5.58. The van der Waals surface area contributed by atoms with Crippen molar-refractivity contribution in [2.75, 3.05) is 11.9 Å². The van der Waals surface area contributed by atoms with Gasteiger partial charge in [0.05, 0.1) is 23.7 Å². The standard InChI is InChI=1S/C19H20N4O2/c1-4-25-19-20-13(2)17(14(3)21-19)22-18(24)15-7-9-16(10-8-15)23-11-5-6-12-23/h5-12H,4H2,1-3H3,(H,22,24). The zero-order valence-corrected chi connectivity index (χ0v) is 14.5. The molecule has 0 spiro atoms. The molecule has 3 aromatic rings. The number of aryl methyl sites for hydroxylation is 2. The lowest BCUT2D eigenvalue weighted by Crippen LogP contribution is -2.15. The number of nitrogens with zero attached hydrogens (tertiary/aromatic N) is 3. The van der Waals surface area contributed by atoms with Gasteiger partial charge in [-0.3, -0.25) is 4.79 Å². The first-order valence-electron chi connectivity index (χ1n) is 8.11. The molecule has 0 aliphatic carbocycles. The summed E-state index contributed by atoms with van der Waals surface area (Å²) in [5, 5.41) is 2.89. The normalized spacial score (nSPS) is 10.5. The highest BCUT2D eigenvalue weighted by molar-refractivity contribution is 6.04. The van der Waals surface area contributed by atoms with Gasteiger partial charge in [0.2, 0.25) is 0 Å². The lowest BCUT2D eigenvalue weighted by molar-refractivity contribution is 0.102. The van der Waals surface area contributed by atoms with Crippen molar-refractivity contribution in [2.24, 2.45) is 0 Å². The summed E-state index contributed by atoms with van der Waals surface area (Å²) in [5.74, 6) is -0.196. The van der Waals surface area contributed by atoms with Gasteiger partial charge in [-0.25, -0.2) is 0 Å². The lowest BCUT2D eigenvalue weighted by Gasteiger charge is -2.12. The van der Waals surface area contributed by atoms with Gasteiger partial charge in [-0.15, -0.1) is 0 Å². The van der Waals surface area contributed by atoms with Crippen LogP contribution in [-0.2, 0) is 0 Å². The number of rotatable bonds is 5. The van der Waals surface area contributed by atoms with Crippen molar-refractivity contribution in [3.63, 3.8) is 0 Å². The van der Waals surface area contributed by atoms with Crippen LogP contribution in [0, 0.1) is 13.8 Å². The van der Waals surface area contributed by atoms with Gasteiger partial charge >= 0.3 is 6.01 Å². The molecule has 6 nitrogen and oxygen atoms in total. The molecule has 0 saturated carbocycles. The molecule has 0 radical (unpaired) electrons. The van der Waals surface area contributed by atoms with Gasteiger partial charge in [-0.2, -0.15) is 9.97 Å². The molecule has 25 heavy (non-hydrogen) atoms. The maximum Gasteiger partial charge on any atom is 0.316 e. The van der Waals surface area contributed by atoms with Crippen molar-refractivity contribution in [2.45, 2.75) is 20.8 Å². The highest BCUT2D eigenvalue weighted by Gasteiger charge is 2.13. The minimum atomic E-state index is -0.196. The van der Waals surface area contributed by atoms with Crippen LogP contribution in [0.4, 0.5) is 5.69 Å². The van der Waals surface area contributed by atoms with Gasteiger partial charge in [0.1, 0.15) is 0 Å². The quantitative estimate of drug-likeness (QED) is 0.774. The van der Waals surface area contributed by atoms with Gasteiger partial charge in [-0.05, 0) is 57.2 Å². The van der Waals surface area contributed by atoms with Crippen molar-refractivity contribution in [3.8, 4) is 11.7 Å². The van der Waals surface area contributed by atoms with Gasteiger partial charge < -0.3 is 14.6 Å². The smallest absolute Gasteiger partial charge is 0.316 e. The molecule has 128 valence electrons. The number of anilines is 1. The minimum absolute atomic E-state index is 0.196. The maximum absolute atomic E-state index is 12.5. The molecular formula is C19H20N4O2. The third-order valence-electron chi connectivity index (χ3n) is 3.79. The third-order valence-corrected chi connectivity index (χ3v) is 3.79. The summed E-state index contributed by atoms with van der Waals surface area (Å²) in [7, 11) is 0. The molecule has 6 heteroatoms. The van der Waals surface area contributed by atoms with E-state index in [0.29, 0.717) is 35.3 Å². The number of ether oxygens (including phenoxy) is 1. The number of nitrogens with one attached hydrogen (secondary N) is 1. The van der Waals surface area contributed by atoms with Crippen molar-refractivity contribution in [3.05, 3.63) is 65.7 Å². The van der Waals surface area contributed by atoms with Gasteiger partial charge in [0.25, 0.3) is 5.91 Å². The fraction of sp³-hybridized carbons (Fsp3) is 0.211. The molecular weight excluding hydrogens is 316 g/mol. The van der Waals surface area contributed by atoms with Crippen molar-refractivity contribution in [1.82, 2.24) is 14.5 Å². The molecule has 0 saturated heterocycles. The van der Waals surface area contributed by atoms with Crippen LogP contribution in [0.15, 0.2) is 48.8 Å². The van der Waals surface area contributed by atoms with E-state index in [2.05, 4.69) is 15.3 Å². The Balaban J connectivity index is 1.78. The van der Waals surface area contributed by atoms with Crippen LogP contribution in [0.1, 0.15) is 28.7 Å². The third kappa shape index (κ3) is 3.68. The lowest BCUT2D eigenvalue weighted by atomic mass is 10.2. The van der Waals surface area contributed by atoms with Crippen LogP contribution in [0.2, 0.25) is 0 Å². The number of amides is 1. The number of aromatic nitrogens is 3. The van der Waals surface area contributed by atoms with Crippen molar-refractivity contribution >= 4 is 11.6 Å². The average molecular weight is 336 g/mol. The zero-order valence-electron chi connectivity index (χ0n) is 14.5. The van der Waals surface area contributed by atoms with Gasteiger partial charge in [0.15, 0.2) is 0 Å². The SMILES string of the molecule is CCOc1nc(C)c(NC(=O)c2ccc(-n3cccc3)cc2)c(C)n1. The molecule has 0 fully saturated rings. The number of hydrogen-bond acceptors (Lipinski definition) is 4. The fourth-order valence-corrected chi connectivity index (χ4v) is 2.54. The number of benzene rings is 1. The van der Waals surface area contributed by atoms with E-state index in [-0.39, 0.29) is 5.91 Å². The Hall–Kier alpha value is -3.15. The molecule has 3 rings (SSSR count). The highest BCUT2D eigenvalue weighted by Crippen LogP contribution is 2.20. The summed E-state index contributed by atoms with van der Waals surface area (Å²) < 4.78 is 7.31. The Morgan fingerprint density at radius 1 is 1.08 bits per heavy atom. The summed E-state index contributed by atoms with van der Waals surface area (Å²) in [6.07, 6.45) is 3.91. The van der Waals surface area contributed by atoms with Crippen LogP contribution < -0.4 is 10.1 Å². The van der Waals surface area contributed by atoms with Crippen LogP contribution in [0.3, 0.4) is 0 Å². The van der Waals surface area contributed by atoms with Crippen LogP contribution in [-0.4, -0.2) is 27.0 Å². The topological polar surface area (TPSA) is 69.0 Å². The maximum atomic E-state index is 12.5. The predicted molar refractivity (Wildman–Crippen MR) is 96.4 cm³/mol. The average Bonchev–Trinajstić information content (AvgIpc) is 3.13.